The van der Waals surface area contributed by atoms with Crippen molar-refractivity contribution < 1.29 is 0 Å². The van der Waals surface area contributed by atoms with Crippen LogP contribution >= 0.6 is 0 Å². The van der Waals surface area contributed by atoms with Gasteiger partial charge in [0.2, 0.25) is 0 Å². The Morgan fingerprint density at radius 2 is 0.685 bits per heavy atom. The molecule has 12 rings (SSSR count). The fourth-order valence-electron chi connectivity index (χ4n) is 10.3. The Bertz CT molecular complexity index is 3700. The van der Waals surface area contributed by atoms with Gasteiger partial charge in [-0.25, -0.2) is 19.9 Å². The number of rotatable bonds is 9. The first kappa shape index (κ1) is 44.6. The molecule has 0 spiro atoms. The van der Waals surface area contributed by atoms with Crippen LogP contribution in [-0.4, -0.2) is 24.5 Å². The first-order valence-corrected chi connectivity index (χ1v) is 24.6. The summed E-state index contributed by atoms with van der Waals surface area (Å²) in [7, 11) is 0. The van der Waals surface area contributed by atoms with Crippen LogP contribution in [0.4, 0.5) is 0 Å². The zero-order chi connectivity index (χ0) is 49.6. The van der Waals surface area contributed by atoms with Crippen molar-refractivity contribution in [1.29, 1.82) is 5.26 Å². The van der Waals surface area contributed by atoms with E-state index in [1.807, 2.05) is 109 Å². The second-order valence-electron chi connectivity index (χ2n) is 19.0. The lowest BCUT2D eigenvalue weighted by Crippen LogP contribution is -2.06. The number of nitriles is 1. The van der Waals surface area contributed by atoms with Crippen molar-refractivity contribution >= 4 is 21.8 Å². The zero-order valence-corrected chi connectivity index (χ0v) is 41.0. The van der Waals surface area contributed by atoms with Gasteiger partial charge < -0.3 is 4.57 Å². The van der Waals surface area contributed by atoms with Gasteiger partial charge >= 0.3 is 0 Å². The third kappa shape index (κ3) is 8.64. The number of hydrogen-bond donors (Lipinski definition) is 0. The van der Waals surface area contributed by atoms with E-state index < -0.39 is 0 Å². The summed E-state index contributed by atoms with van der Waals surface area (Å²) in [5.74, 6) is 1.14. The highest BCUT2D eigenvalue weighted by molar-refractivity contribution is 6.12. The van der Waals surface area contributed by atoms with Gasteiger partial charge in [0.15, 0.2) is 11.6 Å². The predicted octanol–water partition coefficient (Wildman–Crippen LogP) is 16.8. The standard InChI is InChI=1S/C67H48N6/c1-42-29-43(2)32-53(31-42)51-25-27-55-56-28-26-52(54-33-44(3)30-45(4)34-54)38-64(56)73(63(55)37-51)65-57(61-39-59(47-17-9-5-10-18-47)69-66(71-61)49-21-13-7-14-22-49)35-46(41-68)36-58(65)62-40-60(48-19-11-6-12-20-48)70-67(72-62)50-23-15-8-16-24-50/h5-40H,1-4H3. The molecule has 0 radical (unpaired) electrons. The second kappa shape index (κ2) is 18.6. The minimum Gasteiger partial charge on any atom is -0.308 e. The van der Waals surface area contributed by atoms with E-state index in [1.165, 1.54) is 22.3 Å². The molecule has 0 aliphatic rings. The molecular formula is C67H48N6. The molecule has 0 aliphatic carbocycles. The van der Waals surface area contributed by atoms with Crippen molar-refractivity contribution in [2.75, 3.05) is 0 Å². The molecule has 3 heterocycles. The van der Waals surface area contributed by atoms with Gasteiger partial charge in [0, 0.05) is 44.2 Å². The Morgan fingerprint density at radius 1 is 0.329 bits per heavy atom. The summed E-state index contributed by atoms with van der Waals surface area (Å²) in [6.45, 7) is 8.61. The first-order valence-electron chi connectivity index (χ1n) is 24.6. The highest BCUT2D eigenvalue weighted by Crippen LogP contribution is 2.45. The van der Waals surface area contributed by atoms with Gasteiger partial charge in [0.25, 0.3) is 0 Å². The molecule has 3 aromatic heterocycles. The van der Waals surface area contributed by atoms with Crippen LogP contribution in [0.5, 0.6) is 0 Å². The van der Waals surface area contributed by atoms with E-state index in [1.54, 1.807) is 0 Å². The SMILES string of the molecule is Cc1cc(C)cc(-c2ccc3c4ccc(-c5cc(C)cc(C)c5)cc4n(-c4c(-c5cc(-c6ccccc6)nc(-c6ccccc6)n5)cc(C#N)cc4-c4cc(-c5ccccc5)nc(-c5ccccc5)n4)c3c2)c1. The van der Waals surface area contributed by atoms with Crippen molar-refractivity contribution in [2.45, 2.75) is 27.7 Å². The quantitative estimate of drug-likeness (QED) is 0.144. The Balaban J connectivity index is 1.26. The highest BCUT2D eigenvalue weighted by atomic mass is 15.0. The molecule has 6 nitrogen and oxygen atoms in total. The summed E-state index contributed by atoms with van der Waals surface area (Å²) in [6.07, 6.45) is 0. The second-order valence-corrected chi connectivity index (χ2v) is 19.0. The predicted molar refractivity (Wildman–Crippen MR) is 299 cm³/mol. The van der Waals surface area contributed by atoms with Gasteiger partial charge in [-0.15, -0.1) is 0 Å². The summed E-state index contributed by atoms with van der Waals surface area (Å²) in [4.78, 5) is 21.4. The van der Waals surface area contributed by atoms with E-state index in [-0.39, 0.29) is 0 Å². The maximum atomic E-state index is 11.2. The average molecular weight is 937 g/mol. The normalized spacial score (nSPS) is 11.3. The summed E-state index contributed by atoms with van der Waals surface area (Å²) in [6, 6.07) is 78.4. The largest absolute Gasteiger partial charge is 0.308 e. The number of fused-ring (bicyclic) bond motifs is 3. The van der Waals surface area contributed by atoms with Gasteiger partial charge in [-0.3, -0.25) is 0 Å². The fourth-order valence-corrected chi connectivity index (χ4v) is 10.3. The van der Waals surface area contributed by atoms with Crippen LogP contribution in [0.1, 0.15) is 27.8 Å². The number of benzene rings is 9. The highest BCUT2D eigenvalue weighted by Gasteiger charge is 2.26. The van der Waals surface area contributed by atoms with Crippen molar-refractivity contribution in [3.8, 4) is 102 Å². The molecule has 0 bridgehead atoms. The number of aryl methyl sites for hydroxylation is 4. The van der Waals surface area contributed by atoms with Gasteiger partial charge in [-0.2, -0.15) is 5.26 Å². The van der Waals surface area contributed by atoms with Crippen LogP contribution in [-0.2, 0) is 0 Å². The summed E-state index contributed by atoms with van der Waals surface area (Å²) in [5.41, 5.74) is 20.5. The van der Waals surface area contributed by atoms with Crippen molar-refractivity contribution in [3.05, 3.63) is 246 Å². The van der Waals surface area contributed by atoms with E-state index in [0.29, 0.717) is 28.6 Å². The molecule has 0 aliphatic heterocycles. The number of hydrogen-bond acceptors (Lipinski definition) is 5. The third-order valence-corrected chi connectivity index (χ3v) is 13.5. The van der Waals surface area contributed by atoms with Crippen molar-refractivity contribution in [2.24, 2.45) is 0 Å². The van der Waals surface area contributed by atoms with Crippen LogP contribution in [0.2, 0.25) is 0 Å². The molecule has 0 saturated heterocycles. The van der Waals surface area contributed by atoms with Gasteiger partial charge in [0.05, 0.1) is 51.1 Å². The Labute approximate surface area is 425 Å². The van der Waals surface area contributed by atoms with Crippen LogP contribution in [0, 0.1) is 39.0 Å². The molecule has 12 aromatic rings. The number of aromatic nitrogens is 5. The van der Waals surface area contributed by atoms with Gasteiger partial charge in [-0.1, -0.05) is 204 Å². The molecular weight excluding hydrogens is 889 g/mol. The molecule has 0 atom stereocenters. The van der Waals surface area contributed by atoms with Crippen LogP contribution in [0.15, 0.2) is 218 Å². The van der Waals surface area contributed by atoms with Crippen LogP contribution in [0.25, 0.3) is 118 Å². The van der Waals surface area contributed by atoms with Crippen LogP contribution in [0.3, 0.4) is 0 Å². The Kier molecular flexibility index (Phi) is 11.4. The third-order valence-electron chi connectivity index (χ3n) is 13.5. The van der Waals surface area contributed by atoms with E-state index >= 15 is 0 Å². The maximum Gasteiger partial charge on any atom is 0.160 e. The minimum absolute atomic E-state index is 0.462. The van der Waals surface area contributed by atoms with E-state index in [0.717, 1.165) is 94.5 Å². The monoisotopic (exact) mass is 936 g/mol. The van der Waals surface area contributed by atoms with Crippen molar-refractivity contribution in [3.63, 3.8) is 0 Å². The lowest BCUT2D eigenvalue weighted by molar-refractivity contribution is 1.14. The van der Waals surface area contributed by atoms with E-state index in [9.17, 15) is 5.26 Å². The molecule has 0 saturated carbocycles. The molecule has 73 heavy (non-hydrogen) atoms. The summed E-state index contributed by atoms with van der Waals surface area (Å²) in [5, 5.41) is 13.3. The molecule has 0 unspecified atom stereocenters. The first-order chi connectivity index (χ1) is 35.7. The lowest BCUT2D eigenvalue weighted by Gasteiger charge is -2.21. The Hall–Kier alpha value is -9.57. The lowest BCUT2D eigenvalue weighted by atomic mass is 9.95. The van der Waals surface area contributed by atoms with Gasteiger partial charge in [-0.05, 0) is 86.3 Å². The van der Waals surface area contributed by atoms with E-state index in [4.69, 9.17) is 19.9 Å². The minimum atomic E-state index is 0.462. The maximum absolute atomic E-state index is 11.2. The van der Waals surface area contributed by atoms with Crippen molar-refractivity contribution in [1.82, 2.24) is 24.5 Å². The zero-order valence-electron chi connectivity index (χ0n) is 41.0. The van der Waals surface area contributed by atoms with Gasteiger partial charge in [0.1, 0.15) is 0 Å². The average Bonchev–Trinajstić information content (AvgIpc) is 3.75. The fraction of sp³-hybridized carbons (Fsp3) is 0.0597. The molecule has 0 N–H and O–H groups in total. The Morgan fingerprint density at radius 3 is 1.05 bits per heavy atom. The summed E-state index contributed by atoms with van der Waals surface area (Å²) < 4.78 is 2.40. The number of nitrogens with zero attached hydrogens (tertiary/aromatic N) is 6. The molecule has 9 aromatic carbocycles. The summed E-state index contributed by atoms with van der Waals surface area (Å²) >= 11 is 0. The molecule has 346 valence electrons. The van der Waals surface area contributed by atoms with Crippen LogP contribution < -0.4 is 0 Å². The molecule has 0 amide bonds. The molecule has 6 heteroatoms. The smallest absolute Gasteiger partial charge is 0.160 e. The van der Waals surface area contributed by atoms with E-state index in [2.05, 4.69) is 148 Å². The topological polar surface area (TPSA) is 80.3 Å². The molecule has 0 fully saturated rings.